The number of rotatable bonds is 7. The lowest BCUT2D eigenvalue weighted by atomic mass is 10.2. The highest BCUT2D eigenvalue weighted by Gasteiger charge is 2.21. The number of halogens is 1. The molecule has 3 aromatic rings. The fourth-order valence-electron chi connectivity index (χ4n) is 2.25. The van der Waals surface area contributed by atoms with Crippen molar-refractivity contribution in [2.45, 2.75) is 13.5 Å². The minimum absolute atomic E-state index is 0.0164. The third-order valence-electron chi connectivity index (χ3n) is 3.76. The Morgan fingerprint density at radius 3 is 2.97 bits per heavy atom. The number of H-pyrrole nitrogens is 1. The first-order valence-corrected chi connectivity index (χ1v) is 8.47. The number of nitriles is 1. The Kier molecular flexibility index (Phi) is 6.06. The van der Waals surface area contributed by atoms with Gasteiger partial charge in [0.25, 0.3) is 0 Å². The number of hydrogen-bond donors (Lipinski definition) is 2. The van der Waals surface area contributed by atoms with Crippen LogP contribution >= 0.6 is 11.6 Å². The van der Waals surface area contributed by atoms with E-state index in [1.54, 1.807) is 25.1 Å². The highest BCUT2D eigenvalue weighted by atomic mass is 35.5. The highest BCUT2D eigenvalue weighted by molar-refractivity contribution is 6.32. The van der Waals surface area contributed by atoms with Crippen molar-refractivity contribution >= 4 is 28.8 Å². The van der Waals surface area contributed by atoms with E-state index in [9.17, 15) is 4.79 Å². The van der Waals surface area contributed by atoms with Crippen molar-refractivity contribution in [2.75, 3.05) is 12.4 Å². The molecule has 2 aromatic heterocycles. The number of allylic oxidation sites excluding steroid dienone is 1. The zero-order valence-electron chi connectivity index (χ0n) is 15.3. The van der Waals surface area contributed by atoms with Crippen molar-refractivity contribution in [2.24, 2.45) is 0 Å². The molecule has 0 unspecified atom stereocenters. The lowest BCUT2D eigenvalue weighted by molar-refractivity contribution is 0.0586. The summed E-state index contributed by atoms with van der Waals surface area (Å²) in [5.41, 5.74) is 1.32. The van der Waals surface area contributed by atoms with Gasteiger partial charge in [-0.2, -0.15) is 10.5 Å². The second-order valence-electron chi connectivity index (χ2n) is 5.54. The maximum absolute atomic E-state index is 11.7. The number of nitrogens with one attached hydrogen (secondary N) is 2. The number of aromatic amines is 1. The van der Waals surface area contributed by atoms with Gasteiger partial charge in [0.05, 0.1) is 17.7 Å². The van der Waals surface area contributed by atoms with Crippen LogP contribution in [0.15, 0.2) is 28.9 Å². The number of esters is 1. The average Bonchev–Trinajstić information content (AvgIpc) is 3.37. The third kappa shape index (κ3) is 4.50. The normalized spacial score (nSPS) is 11.0. The second-order valence-corrected chi connectivity index (χ2v) is 5.95. The first-order valence-electron chi connectivity index (χ1n) is 8.10. The lowest BCUT2D eigenvalue weighted by Gasteiger charge is -2.10. The molecular weight excluding hydrogens is 402 g/mol. The maximum Gasteiger partial charge on any atom is 0.360 e. The van der Waals surface area contributed by atoms with Gasteiger partial charge in [0.1, 0.15) is 29.8 Å². The van der Waals surface area contributed by atoms with Crippen molar-refractivity contribution in [1.29, 1.82) is 5.26 Å². The number of ether oxygens (including phenoxy) is 2. The van der Waals surface area contributed by atoms with Gasteiger partial charge in [-0.15, -0.1) is 10.2 Å². The molecule has 0 aliphatic carbocycles. The summed E-state index contributed by atoms with van der Waals surface area (Å²) in [6.07, 6.45) is 1.43. The number of aryl methyl sites for hydroxylation is 1. The average molecular weight is 416 g/mol. The van der Waals surface area contributed by atoms with Crippen molar-refractivity contribution in [1.82, 2.24) is 25.8 Å². The van der Waals surface area contributed by atoms with Crippen LogP contribution in [0.2, 0.25) is 5.02 Å². The third-order valence-corrected chi connectivity index (χ3v) is 4.05. The van der Waals surface area contributed by atoms with Gasteiger partial charge >= 0.3 is 5.97 Å². The predicted molar refractivity (Wildman–Crippen MR) is 99.8 cm³/mol. The fraction of sp³-hybridized carbons (Fsp3) is 0.176. The molecule has 0 atom stereocenters. The molecule has 0 aliphatic heterocycles. The Hall–Kier alpha value is -3.91. The van der Waals surface area contributed by atoms with E-state index >= 15 is 0 Å². The van der Waals surface area contributed by atoms with Crippen LogP contribution in [0.5, 0.6) is 5.75 Å². The number of carbonyl (C=O) groups is 1. The Morgan fingerprint density at radius 2 is 2.31 bits per heavy atom. The number of carbonyl (C=O) groups excluding carboxylic acids is 1. The monoisotopic (exact) mass is 415 g/mol. The molecule has 0 radical (unpaired) electrons. The first-order chi connectivity index (χ1) is 14.0. The molecule has 0 bridgehead atoms. The molecule has 12 heteroatoms. The van der Waals surface area contributed by atoms with Crippen molar-refractivity contribution in [3.8, 4) is 11.8 Å². The van der Waals surface area contributed by atoms with Crippen LogP contribution in [-0.2, 0) is 11.3 Å². The minimum Gasteiger partial charge on any atom is -0.487 e. The number of hydrogen-bond acceptors (Lipinski definition) is 10. The zero-order valence-corrected chi connectivity index (χ0v) is 16.0. The SMILES string of the molecule is COC(=O)c1noc(C)c1COc1ccc(NC=C(C#N)c2nn[nH]n2)cc1Cl. The molecule has 2 heterocycles. The molecule has 11 nitrogen and oxygen atoms in total. The van der Waals surface area contributed by atoms with E-state index in [0.717, 1.165) is 0 Å². The van der Waals surface area contributed by atoms with Gasteiger partial charge in [-0.3, -0.25) is 0 Å². The Labute approximate surface area is 169 Å². The zero-order chi connectivity index (χ0) is 20.8. The van der Waals surface area contributed by atoms with Crippen LogP contribution in [0.25, 0.3) is 5.57 Å². The van der Waals surface area contributed by atoms with Crippen LogP contribution in [0.4, 0.5) is 5.69 Å². The Balaban J connectivity index is 1.70. The van der Waals surface area contributed by atoms with Gasteiger partial charge in [0, 0.05) is 11.9 Å². The van der Waals surface area contributed by atoms with Crippen molar-refractivity contribution in [3.63, 3.8) is 0 Å². The topological polar surface area (TPSA) is 152 Å². The van der Waals surface area contributed by atoms with Crippen LogP contribution in [0, 0.1) is 18.3 Å². The van der Waals surface area contributed by atoms with E-state index in [1.165, 1.54) is 13.3 Å². The van der Waals surface area contributed by atoms with E-state index in [1.807, 2.05) is 6.07 Å². The fourth-order valence-corrected chi connectivity index (χ4v) is 2.49. The molecule has 0 aliphatic rings. The standard InChI is InChI=1S/C17H14ClN7O4/c1-9-12(15(23-29-9)17(26)27-2)8-28-14-4-3-11(5-13(14)18)20-7-10(6-19)16-21-24-25-22-16/h3-5,7,20H,8H2,1-2H3,(H,21,22,24,25). The van der Waals surface area contributed by atoms with E-state index in [4.69, 9.17) is 26.1 Å². The number of anilines is 1. The molecule has 0 spiro atoms. The molecule has 1 aromatic carbocycles. The van der Waals surface area contributed by atoms with Crippen LogP contribution < -0.4 is 10.1 Å². The van der Waals surface area contributed by atoms with Crippen LogP contribution in [-0.4, -0.2) is 38.9 Å². The molecule has 2 N–H and O–H groups in total. The van der Waals surface area contributed by atoms with Gasteiger partial charge in [-0.25, -0.2) is 4.79 Å². The Morgan fingerprint density at radius 1 is 1.48 bits per heavy atom. The molecule has 0 saturated carbocycles. The summed E-state index contributed by atoms with van der Waals surface area (Å²) in [5, 5.41) is 29.3. The summed E-state index contributed by atoms with van der Waals surface area (Å²) >= 11 is 6.27. The maximum atomic E-state index is 11.7. The quantitative estimate of drug-likeness (QED) is 0.434. The number of aromatic nitrogens is 5. The largest absolute Gasteiger partial charge is 0.487 e. The first kappa shape index (κ1) is 19.8. The van der Waals surface area contributed by atoms with Crippen LogP contribution in [0.1, 0.15) is 27.6 Å². The minimum atomic E-state index is -0.618. The molecule has 0 saturated heterocycles. The summed E-state index contributed by atoms with van der Waals surface area (Å²) < 4.78 is 15.4. The van der Waals surface area contributed by atoms with Crippen molar-refractivity contribution < 1.29 is 18.8 Å². The van der Waals surface area contributed by atoms with Gasteiger partial charge in [0.2, 0.25) is 5.82 Å². The van der Waals surface area contributed by atoms with Gasteiger partial charge in [-0.1, -0.05) is 16.8 Å². The number of nitrogens with zero attached hydrogens (tertiary/aromatic N) is 5. The lowest BCUT2D eigenvalue weighted by Crippen LogP contribution is -2.08. The molecule has 29 heavy (non-hydrogen) atoms. The number of benzene rings is 1. The van der Waals surface area contributed by atoms with Crippen molar-refractivity contribution in [3.05, 3.63) is 52.3 Å². The van der Waals surface area contributed by atoms with Gasteiger partial charge < -0.3 is 19.3 Å². The van der Waals surface area contributed by atoms with Crippen LogP contribution in [0.3, 0.4) is 0 Å². The van der Waals surface area contributed by atoms with E-state index in [0.29, 0.717) is 27.8 Å². The molecule has 0 amide bonds. The number of methoxy groups -OCH3 is 1. The summed E-state index contributed by atoms with van der Waals surface area (Å²) in [6.45, 7) is 1.68. The smallest absolute Gasteiger partial charge is 0.360 e. The Bertz CT molecular complexity index is 1090. The molecule has 3 rings (SSSR count). The number of tetrazole rings is 1. The summed E-state index contributed by atoms with van der Waals surface area (Å²) in [5.74, 6) is 0.371. The van der Waals surface area contributed by atoms with Gasteiger partial charge in [-0.05, 0) is 30.3 Å². The summed E-state index contributed by atoms with van der Waals surface area (Å²) in [4.78, 5) is 11.7. The highest BCUT2D eigenvalue weighted by Crippen LogP contribution is 2.29. The van der Waals surface area contributed by atoms with Gasteiger partial charge in [0.15, 0.2) is 5.69 Å². The second kappa shape index (κ2) is 8.85. The molecular formula is C17H14ClN7O4. The molecule has 0 fully saturated rings. The summed E-state index contributed by atoms with van der Waals surface area (Å²) in [7, 11) is 1.25. The van der Waals surface area contributed by atoms with E-state index < -0.39 is 5.97 Å². The van der Waals surface area contributed by atoms with E-state index in [2.05, 4.69) is 35.8 Å². The summed E-state index contributed by atoms with van der Waals surface area (Å²) in [6, 6.07) is 6.91. The predicted octanol–water partition coefficient (Wildman–Crippen LogP) is 2.49. The van der Waals surface area contributed by atoms with E-state index in [-0.39, 0.29) is 23.7 Å². The molecule has 148 valence electrons.